The molecular weight excluding hydrogens is 262 g/mol. The van der Waals surface area contributed by atoms with Gasteiger partial charge in [-0.2, -0.15) is 0 Å². The zero-order valence-electron chi connectivity index (χ0n) is 12.8. The summed E-state index contributed by atoms with van der Waals surface area (Å²) >= 11 is 0. The highest BCUT2D eigenvalue weighted by Crippen LogP contribution is 2.29. The van der Waals surface area contributed by atoms with E-state index in [0.717, 1.165) is 0 Å². The van der Waals surface area contributed by atoms with Crippen LogP contribution in [-0.2, 0) is 4.65 Å². The van der Waals surface area contributed by atoms with Crippen LogP contribution in [0.1, 0.15) is 27.7 Å². The number of hydrogen-bond donors (Lipinski definition) is 1. The molecule has 1 N–H and O–H groups in total. The van der Waals surface area contributed by atoms with Crippen molar-refractivity contribution >= 4 is 12.9 Å². The molecule has 0 heterocycles. The van der Waals surface area contributed by atoms with Gasteiger partial charge in [-0.15, -0.1) is 0 Å². The predicted octanol–water partition coefficient (Wildman–Crippen LogP) is 1.65. The number of hydrogen-bond acceptors (Lipinski definition) is 4. The maximum absolute atomic E-state index is 14.2. The molecule has 0 saturated carbocycles. The summed E-state index contributed by atoms with van der Waals surface area (Å²) in [6.45, 7) is 6.71. The molecule has 0 bridgehead atoms. The first-order valence-electron chi connectivity index (χ1n) is 6.28. The van der Waals surface area contributed by atoms with E-state index in [1.165, 1.54) is 27.8 Å². The Balaban J connectivity index is 2.95. The van der Waals surface area contributed by atoms with E-state index >= 15 is 0 Å². The van der Waals surface area contributed by atoms with Gasteiger partial charge in [0.05, 0.1) is 25.4 Å². The van der Waals surface area contributed by atoms with E-state index in [2.05, 4.69) is 0 Å². The lowest BCUT2D eigenvalue weighted by molar-refractivity contribution is -0.0893. The Morgan fingerprint density at radius 3 is 2.15 bits per heavy atom. The zero-order chi connectivity index (χ0) is 15.6. The smallest absolute Gasteiger partial charge is 0.334 e. The van der Waals surface area contributed by atoms with E-state index in [0.29, 0.717) is 5.75 Å². The first-order chi connectivity index (χ1) is 9.14. The third-order valence-corrected chi connectivity index (χ3v) is 3.47. The van der Waals surface area contributed by atoms with Crippen LogP contribution in [0.15, 0.2) is 12.1 Å². The lowest BCUT2D eigenvalue weighted by Crippen LogP contribution is -2.49. The number of methoxy groups -OCH3 is 2. The maximum Gasteiger partial charge on any atom is 0.334 e. The Morgan fingerprint density at radius 2 is 1.70 bits per heavy atom. The third-order valence-electron chi connectivity index (χ3n) is 3.47. The van der Waals surface area contributed by atoms with E-state index in [-0.39, 0.29) is 11.2 Å². The Labute approximate surface area is 120 Å². The Bertz CT molecular complexity index is 469. The molecule has 4 nitrogen and oxygen atoms in total. The second-order valence-corrected chi connectivity index (χ2v) is 5.51. The monoisotopic (exact) mass is 283 g/mol. The molecule has 0 atom stereocenters. The predicted molar refractivity (Wildman–Crippen MR) is 76.4 cm³/mol. The molecule has 6 heteroatoms. The van der Waals surface area contributed by atoms with Crippen molar-refractivity contribution in [2.75, 3.05) is 14.2 Å². The quantitative estimate of drug-likeness (QED) is 0.806. The molecule has 1 rings (SSSR count). The van der Waals surface area contributed by atoms with E-state index in [1.54, 1.807) is 33.8 Å². The summed E-state index contributed by atoms with van der Waals surface area (Å²) in [7, 11) is 4.08. The van der Waals surface area contributed by atoms with Gasteiger partial charge in [-0.3, -0.25) is 0 Å². The van der Waals surface area contributed by atoms with Gasteiger partial charge < -0.3 is 19.2 Å². The van der Waals surface area contributed by atoms with E-state index < -0.39 is 17.0 Å². The molecule has 0 aliphatic heterocycles. The van der Waals surface area contributed by atoms with Crippen LogP contribution >= 0.6 is 0 Å². The summed E-state index contributed by atoms with van der Waals surface area (Å²) in [5.41, 5.74) is -1.72. The minimum absolute atomic E-state index is 0.0194. The summed E-state index contributed by atoms with van der Waals surface area (Å²) in [5, 5.41) is 9.99. The highest BCUT2D eigenvalue weighted by atomic mass is 19.1. The van der Waals surface area contributed by atoms with Crippen molar-refractivity contribution in [2.24, 2.45) is 0 Å². The van der Waals surface area contributed by atoms with Crippen LogP contribution < -0.4 is 14.9 Å². The van der Waals surface area contributed by atoms with E-state index in [9.17, 15) is 9.50 Å². The van der Waals surface area contributed by atoms with Gasteiger partial charge in [-0.05, 0) is 39.2 Å². The molecule has 0 spiro atoms. The van der Waals surface area contributed by atoms with Crippen LogP contribution in [0.25, 0.3) is 0 Å². The number of rotatable bonds is 6. The molecule has 1 aromatic carbocycles. The summed E-state index contributed by atoms with van der Waals surface area (Å²) in [4.78, 5) is 0. The Morgan fingerprint density at radius 1 is 1.10 bits per heavy atom. The van der Waals surface area contributed by atoms with Crippen molar-refractivity contribution in [3.05, 3.63) is 17.9 Å². The largest absolute Gasteiger partial charge is 0.493 e. The Kier molecular flexibility index (Phi) is 5.05. The fourth-order valence-electron chi connectivity index (χ4n) is 1.35. The number of halogens is 1. The molecule has 1 radical (unpaired) electrons. The molecule has 0 aliphatic carbocycles. The molecule has 0 unspecified atom stereocenters. The Hall–Kier alpha value is -1.27. The molecule has 0 aliphatic rings. The van der Waals surface area contributed by atoms with Crippen molar-refractivity contribution in [1.82, 2.24) is 0 Å². The summed E-state index contributed by atoms with van der Waals surface area (Å²) in [6, 6.07) is 3.12. The van der Waals surface area contributed by atoms with Crippen LogP contribution in [0.2, 0.25) is 0 Å². The van der Waals surface area contributed by atoms with Gasteiger partial charge in [0, 0.05) is 0 Å². The summed E-state index contributed by atoms with van der Waals surface area (Å²) in [6.07, 6.45) is 0. The topological polar surface area (TPSA) is 47.9 Å². The van der Waals surface area contributed by atoms with Gasteiger partial charge in [0.2, 0.25) is 0 Å². The standard InChI is InChI=1S/C14H21BFO4/c1-13(2,17)14(3,4)20-15-9-7-8-10(18-5)12(19-6)11(9)16/h7-8,17H,1-6H3. The van der Waals surface area contributed by atoms with Crippen LogP contribution in [0.4, 0.5) is 4.39 Å². The highest BCUT2D eigenvalue weighted by Gasteiger charge is 2.36. The van der Waals surface area contributed by atoms with Crippen LogP contribution in [0.5, 0.6) is 11.5 Å². The van der Waals surface area contributed by atoms with Crippen molar-refractivity contribution < 1.29 is 23.6 Å². The maximum atomic E-state index is 14.2. The van der Waals surface area contributed by atoms with Gasteiger partial charge in [-0.25, -0.2) is 4.39 Å². The average Bonchev–Trinajstić information content (AvgIpc) is 2.35. The first kappa shape index (κ1) is 16.8. The first-order valence-corrected chi connectivity index (χ1v) is 6.28. The molecule has 1 aromatic rings. The van der Waals surface area contributed by atoms with Gasteiger partial charge in [-0.1, -0.05) is 6.07 Å². The van der Waals surface area contributed by atoms with Crippen molar-refractivity contribution in [3.8, 4) is 11.5 Å². The van der Waals surface area contributed by atoms with Gasteiger partial charge in [0.1, 0.15) is 0 Å². The van der Waals surface area contributed by atoms with E-state index in [1.807, 2.05) is 0 Å². The van der Waals surface area contributed by atoms with Crippen LogP contribution in [0.3, 0.4) is 0 Å². The molecule has 0 saturated heterocycles. The van der Waals surface area contributed by atoms with Crippen molar-refractivity contribution in [2.45, 2.75) is 38.9 Å². The zero-order valence-corrected chi connectivity index (χ0v) is 12.8. The minimum Gasteiger partial charge on any atom is -0.493 e. The fraction of sp³-hybridized carbons (Fsp3) is 0.571. The molecule has 111 valence electrons. The third kappa shape index (κ3) is 3.43. The second kappa shape index (κ2) is 6.02. The second-order valence-electron chi connectivity index (χ2n) is 5.51. The molecule has 20 heavy (non-hydrogen) atoms. The SMILES string of the molecule is COc1ccc([B]OC(C)(C)C(C)(C)O)c(F)c1OC. The fourth-order valence-corrected chi connectivity index (χ4v) is 1.35. The van der Waals surface area contributed by atoms with E-state index in [4.69, 9.17) is 14.1 Å². The van der Waals surface area contributed by atoms with Crippen molar-refractivity contribution in [1.29, 1.82) is 0 Å². The van der Waals surface area contributed by atoms with Crippen LogP contribution in [-0.4, -0.2) is 38.0 Å². The van der Waals surface area contributed by atoms with Crippen molar-refractivity contribution in [3.63, 3.8) is 0 Å². The number of ether oxygens (including phenoxy) is 2. The average molecular weight is 283 g/mol. The molecular formula is C14H21BFO4. The number of benzene rings is 1. The lowest BCUT2D eigenvalue weighted by atomic mass is 9.82. The molecule has 0 amide bonds. The van der Waals surface area contributed by atoms with Gasteiger partial charge in [0.15, 0.2) is 17.3 Å². The minimum atomic E-state index is -1.07. The summed E-state index contributed by atoms with van der Waals surface area (Å²) in [5.74, 6) is -0.242. The lowest BCUT2D eigenvalue weighted by Gasteiger charge is -2.37. The normalized spacial score (nSPS) is 12.2. The summed E-state index contributed by atoms with van der Waals surface area (Å²) < 4.78 is 29.7. The highest BCUT2D eigenvalue weighted by molar-refractivity contribution is 6.47. The number of aliphatic hydroxyl groups is 1. The van der Waals surface area contributed by atoms with Crippen LogP contribution in [0, 0.1) is 5.82 Å². The van der Waals surface area contributed by atoms with Gasteiger partial charge >= 0.3 is 7.48 Å². The molecule has 0 fully saturated rings. The molecule has 0 aromatic heterocycles. The van der Waals surface area contributed by atoms with Gasteiger partial charge in [0.25, 0.3) is 0 Å².